The van der Waals surface area contributed by atoms with Gasteiger partial charge in [0, 0.05) is 37.5 Å². The van der Waals surface area contributed by atoms with Gasteiger partial charge in [-0.3, -0.25) is 0 Å². The van der Waals surface area contributed by atoms with Crippen LogP contribution in [0.15, 0.2) is 30.6 Å². The first kappa shape index (κ1) is 13.7. The Morgan fingerprint density at radius 2 is 1.95 bits per heavy atom. The number of benzene rings is 1. The molecule has 2 rings (SSSR count). The predicted octanol–water partition coefficient (Wildman–Crippen LogP) is 2.07. The van der Waals surface area contributed by atoms with Gasteiger partial charge in [-0.05, 0) is 25.6 Å². The normalized spacial score (nSPS) is 12.6. The van der Waals surface area contributed by atoms with Crippen LogP contribution in [0.4, 0.5) is 8.78 Å². The predicted molar refractivity (Wildman–Crippen MR) is 69.8 cm³/mol. The van der Waals surface area contributed by atoms with E-state index in [2.05, 4.69) is 10.3 Å². The summed E-state index contributed by atoms with van der Waals surface area (Å²) in [6.45, 7) is 0. The minimum Gasteiger partial charge on any atom is -0.338 e. The van der Waals surface area contributed by atoms with Gasteiger partial charge < -0.3 is 9.88 Å². The number of likely N-dealkylation sites (N-methyl/N-ethyl adjacent to an activating group) is 1. The molecular formula is C14H17F2N3. The highest BCUT2D eigenvalue weighted by molar-refractivity contribution is 5.21. The zero-order valence-electron chi connectivity index (χ0n) is 11.0. The van der Waals surface area contributed by atoms with Crippen LogP contribution >= 0.6 is 0 Å². The number of nitrogens with one attached hydrogen (secondary N) is 1. The molecule has 0 aliphatic carbocycles. The van der Waals surface area contributed by atoms with Crippen molar-refractivity contribution in [2.75, 3.05) is 7.05 Å². The van der Waals surface area contributed by atoms with E-state index < -0.39 is 11.6 Å². The minimum absolute atomic E-state index is 0.0625. The summed E-state index contributed by atoms with van der Waals surface area (Å²) in [5.74, 6) is -0.115. The molecule has 0 saturated carbocycles. The van der Waals surface area contributed by atoms with E-state index in [1.54, 1.807) is 13.2 Å². The Morgan fingerprint density at radius 3 is 2.47 bits per heavy atom. The van der Waals surface area contributed by atoms with Crippen molar-refractivity contribution >= 4 is 0 Å². The largest absolute Gasteiger partial charge is 0.338 e. The summed E-state index contributed by atoms with van der Waals surface area (Å²) in [6.07, 6.45) is 4.48. The lowest BCUT2D eigenvalue weighted by molar-refractivity contribution is 0.492. The van der Waals surface area contributed by atoms with E-state index in [4.69, 9.17) is 0 Å². The molecule has 1 atom stereocenters. The SMILES string of the molecule is CNC(Cc1c(F)cccc1F)Cc1nccn1C. The maximum Gasteiger partial charge on any atom is 0.129 e. The third-order valence-electron chi connectivity index (χ3n) is 3.27. The number of hydrogen-bond acceptors (Lipinski definition) is 2. The molecule has 0 radical (unpaired) electrons. The molecule has 0 aliphatic heterocycles. The second kappa shape index (κ2) is 5.93. The summed E-state index contributed by atoms with van der Waals surface area (Å²) in [6, 6.07) is 3.88. The molecular weight excluding hydrogens is 248 g/mol. The molecule has 0 fully saturated rings. The fourth-order valence-corrected chi connectivity index (χ4v) is 2.06. The lowest BCUT2D eigenvalue weighted by Crippen LogP contribution is -2.31. The molecule has 0 amide bonds. The molecule has 1 unspecified atom stereocenters. The zero-order chi connectivity index (χ0) is 13.8. The summed E-state index contributed by atoms with van der Waals surface area (Å²) in [7, 11) is 3.69. The summed E-state index contributed by atoms with van der Waals surface area (Å²) in [5.41, 5.74) is 0.121. The quantitative estimate of drug-likeness (QED) is 0.897. The van der Waals surface area contributed by atoms with E-state index in [1.807, 2.05) is 17.8 Å². The standard InChI is InChI=1S/C14H17F2N3/c1-17-10(9-14-18-6-7-19(14)2)8-11-12(15)4-3-5-13(11)16/h3-7,10,17H,8-9H2,1-2H3. The summed E-state index contributed by atoms with van der Waals surface area (Å²) >= 11 is 0. The number of imidazole rings is 1. The van der Waals surface area contributed by atoms with Crippen LogP contribution in [0, 0.1) is 11.6 Å². The van der Waals surface area contributed by atoms with Crippen LogP contribution < -0.4 is 5.32 Å². The van der Waals surface area contributed by atoms with Crippen molar-refractivity contribution in [2.24, 2.45) is 7.05 Å². The van der Waals surface area contributed by atoms with Crippen molar-refractivity contribution in [1.82, 2.24) is 14.9 Å². The fourth-order valence-electron chi connectivity index (χ4n) is 2.06. The molecule has 5 heteroatoms. The van der Waals surface area contributed by atoms with E-state index in [1.165, 1.54) is 18.2 Å². The van der Waals surface area contributed by atoms with E-state index in [0.717, 1.165) is 5.82 Å². The maximum atomic E-state index is 13.6. The van der Waals surface area contributed by atoms with Gasteiger partial charge in [-0.2, -0.15) is 0 Å². The summed E-state index contributed by atoms with van der Waals surface area (Å²) in [4.78, 5) is 4.23. The van der Waals surface area contributed by atoms with Gasteiger partial charge in [0.25, 0.3) is 0 Å². The van der Waals surface area contributed by atoms with Crippen molar-refractivity contribution in [2.45, 2.75) is 18.9 Å². The molecule has 1 aromatic heterocycles. The number of nitrogens with zero attached hydrogens (tertiary/aromatic N) is 2. The van der Waals surface area contributed by atoms with E-state index >= 15 is 0 Å². The highest BCUT2D eigenvalue weighted by Gasteiger charge is 2.16. The lowest BCUT2D eigenvalue weighted by atomic mass is 10.0. The van der Waals surface area contributed by atoms with Crippen LogP contribution in [0.3, 0.4) is 0 Å². The Hall–Kier alpha value is -1.75. The van der Waals surface area contributed by atoms with E-state index in [-0.39, 0.29) is 11.6 Å². The maximum absolute atomic E-state index is 13.6. The number of aryl methyl sites for hydroxylation is 1. The number of rotatable bonds is 5. The zero-order valence-corrected chi connectivity index (χ0v) is 11.0. The van der Waals surface area contributed by atoms with Crippen LogP contribution in [0.2, 0.25) is 0 Å². The molecule has 2 aromatic rings. The second-order valence-corrected chi connectivity index (χ2v) is 4.55. The number of hydrogen-bond donors (Lipinski definition) is 1. The fraction of sp³-hybridized carbons (Fsp3) is 0.357. The summed E-state index contributed by atoms with van der Waals surface area (Å²) in [5, 5.41) is 3.08. The molecule has 0 saturated heterocycles. The van der Waals surface area contributed by atoms with Gasteiger partial charge >= 0.3 is 0 Å². The molecule has 1 N–H and O–H groups in total. The molecule has 0 bridgehead atoms. The topological polar surface area (TPSA) is 29.9 Å². The van der Waals surface area contributed by atoms with E-state index in [9.17, 15) is 8.78 Å². The van der Waals surface area contributed by atoms with Crippen LogP contribution in [0.25, 0.3) is 0 Å². The Kier molecular flexibility index (Phi) is 4.27. The van der Waals surface area contributed by atoms with Gasteiger partial charge in [-0.1, -0.05) is 6.07 Å². The molecule has 3 nitrogen and oxygen atoms in total. The smallest absolute Gasteiger partial charge is 0.129 e. The highest BCUT2D eigenvalue weighted by atomic mass is 19.1. The van der Waals surface area contributed by atoms with Crippen LogP contribution in [0.1, 0.15) is 11.4 Å². The van der Waals surface area contributed by atoms with Crippen LogP contribution in [-0.4, -0.2) is 22.6 Å². The lowest BCUT2D eigenvalue weighted by Gasteiger charge is -2.16. The Balaban J connectivity index is 2.13. The average Bonchev–Trinajstić information content (AvgIpc) is 2.78. The Morgan fingerprint density at radius 1 is 1.26 bits per heavy atom. The molecule has 1 heterocycles. The molecule has 19 heavy (non-hydrogen) atoms. The average molecular weight is 265 g/mol. The van der Waals surface area contributed by atoms with Crippen LogP contribution in [-0.2, 0) is 19.9 Å². The van der Waals surface area contributed by atoms with Gasteiger partial charge in [-0.15, -0.1) is 0 Å². The molecule has 0 aliphatic rings. The second-order valence-electron chi connectivity index (χ2n) is 4.55. The Labute approximate surface area is 111 Å². The molecule has 102 valence electrons. The van der Waals surface area contributed by atoms with Crippen molar-refractivity contribution in [3.05, 3.63) is 53.6 Å². The van der Waals surface area contributed by atoms with Gasteiger partial charge in [0.2, 0.25) is 0 Å². The molecule has 0 spiro atoms. The number of halogens is 2. The number of aromatic nitrogens is 2. The monoisotopic (exact) mass is 265 g/mol. The first-order valence-electron chi connectivity index (χ1n) is 6.18. The van der Waals surface area contributed by atoms with E-state index in [0.29, 0.717) is 12.8 Å². The first-order valence-corrected chi connectivity index (χ1v) is 6.18. The van der Waals surface area contributed by atoms with Crippen molar-refractivity contribution in [3.63, 3.8) is 0 Å². The third-order valence-corrected chi connectivity index (χ3v) is 3.27. The first-order chi connectivity index (χ1) is 9.11. The minimum atomic E-state index is -0.500. The van der Waals surface area contributed by atoms with Crippen molar-refractivity contribution in [1.29, 1.82) is 0 Å². The van der Waals surface area contributed by atoms with Gasteiger partial charge in [0.1, 0.15) is 17.5 Å². The molecule has 1 aromatic carbocycles. The van der Waals surface area contributed by atoms with Crippen molar-refractivity contribution in [3.8, 4) is 0 Å². The Bertz CT molecular complexity index is 531. The summed E-state index contributed by atoms with van der Waals surface area (Å²) < 4.78 is 29.1. The highest BCUT2D eigenvalue weighted by Crippen LogP contribution is 2.15. The van der Waals surface area contributed by atoms with Gasteiger partial charge in [-0.25, -0.2) is 13.8 Å². The van der Waals surface area contributed by atoms with Crippen LogP contribution in [0.5, 0.6) is 0 Å². The van der Waals surface area contributed by atoms with Gasteiger partial charge in [0.05, 0.1) is 0 Å². The van der Waals surface area contributed by atoms with Gasteiger partial charge in [0.15, 0.2) is 0 Å². The third kappa shape index (κ3) is 3.17. The van der Waals surface area contributed by atoms with Crippen molar-refractivity contribution < 1.29 is 8.78 Å².